The highest BCUT2D eigenvalue weighted by Gasteiger charge is 2.02. The Morgan fingerprint density at radius 1 is 1.07 bits per heavy atom. The van der Waals surface area contributed by atoms with Crippen molar-refractivity contribution in [2.24, 2.45) is 0 Å². The van der Waals surface area contributed by atoms with E-state index in [-0.39, 0.29) is 0 Å². The van der Waals surface area contributed by atoms with Crippen molar-refractivity contribution in [3.8, 4) is 11.3 Å². The van der Waals surface area contributed by atoms with E-state index in [4.69, 9.17) is 11.6 Å². The fourth-order valence-corrected chi connectivity index (χ4v) is 1.81. The molecule has 2 nitrogen and oxygen atoms in total. The number of aromatic nitrogens is 2. The van der Waals surface area contributed by atoms with E-state index in [2.05, 4.69) is 25.9 Å². The number of hydrogen-bond acceptors (Lipinski definition) is 2. The lowest BCUT2D eigenvalue weighted by Gasteiger charge is -2.00. The maximum Gasteiger partial charge on any atom is 0.198 e. The van der Waals surface area contributed by atoms with Crippen LogP contribution in [0.3, 0.4) is 0 Å². The van der Waals surface area contributed by atoms with Gasteiger partial charge in [-0.05, 0) is 15.9 Å². The second-order valence-corrected chi connectivity index (χ2v) is 3.81. The van der Waals surface area contributed by atoms with Gasteiger partial charge in [0.05, 0.1) is 5.69 Å². The van der Waals surface area contributed by atoms with Crippen LogP contribution in [-0.2, 0) is 0 Å². The summed E-state index contributed by atoms with van der Waals surface area (Å²) in [5, 5.41) is 0.436. The van der Waals surface area contributed by atoms with Gasteiger partial charge < -0.3 is 0 Å². The number of halogens is 2. The zero-order chi connectivity index (χ0) is 9.97. The van der Waals surface area contributed by atoms with Gasteiger partial charge in [0.15, 0.2) is 4.73 Å². The molecule has 14 heavy (non-hydrogen) atoms. The molecule has 0 aliphatic rings. The molecule has 0 amide bonds. The Labute approximate surface area is 95.1 Å². The first-order chi connectivity index (χ1) is 6.75. The largest absolute Gasteiger partial charge is 0.222 e. The van der Waals surface area contributed by atoms with Crippen molar-refractivity contribution in [3.63, 3.8) is 0 Å². The minimum absolute atomic E-state index is 0.436. The molecule has 0 radical (unpaired) electrons. The van der Waals surface area contributed by atoms with E-state index >= 15 is 0 Å². The third kappa shape index (κ3) is 2.11. The van der Waals surface area contributed by atoms with E-state index in [9.17, 15) is 0 Å². The second kappa shape index (κ2) is 4.07. The molecule has 1 aromatic heterocycles. The zero-order valence-corrected chi connectivity index (χ0v) is 9.46. The van der Waals surface area contributed by atoms with Crippen molar-refractivity contribution in [3.05, 3.63) is 46.3 Å². The van der Waals surface area contributed by atoms with Crippen molar-refractivity contribution < 1.29 is 0 Å². The molecule has 0 N–H and O–H groups in total. The van der Waals surface area contributed by atoms with Crippen LogP contribution in [0.25, 0.3) is 11.3 Å². The maximum absolute atomic E-state index is 5.82. The summed E-state index contributed by atoms with van der Waals surface area (Å²) in [6.07, 6.45) is 0. The van der Waals surface area contributed by atoms with Gasteiger partial charge in [0.2, 0.25) is 0 Å². The van der Waals surface area contributed by atoms with Crippen molar-refractivity contribution >= 4 is 27.5 Å². The lowest BCUT2D eigenvalue weighted by atomic mass is 10.1. The molecule has 1 heterocycles. The summed E-state index contributed by atoms with van der Waals surface area (Å²) in [5.41, 5.74) is 1.84. The summed E-state index contributed by atoms with van der Waals surface area (Å²) in [4.78, 5) is 8.16. The fourth-order valence-electron chi connectivity index (χ4n) is 1.15. The van der Waals surface area contributed by atoms with Crippen LogP contribution in [0.1, 0.15) is 0 Å². The lowest BCUT2D eigenvalue weighted by Crippen LogP contribution is -1.87. The van der Waals surface area contributed by atoms with Gasteiger partial charge in [0, 0.05) is 11.6 Å². The van der Waals surface area contributed by atoms with Crippen LogP contribution in [0.5, 0.6) is 0 Å². The Morgan fingerprint density at radius 2 is 1.79 bits per heavy atom. The summed E-state index contributed by atoms with van der Waals surface area (Å²) in [6, 6.07) is 11.6. The minimum Gasteiger partial charge on any atom is -0.222 e. The number of benzene rings is 1. The van der Waals surface area contributed by atoms with Gasteiger partial charge in [-0.2, -0.15) is 0 Å². The number of hydrogen-bond donors (Lipinski definition) is 0. The van der Waals surface area contributed by atoms with Crippen LogP contribution in [0.4, 0.5) is 0 Å². The Hall–Kier alpha value is -0.930. The predicted molar refractivity (Wildman–Crippen MR) is 60.2 cm³/mol. The maximum atomic E-state index is 5.82. The molecule has 0 unspecified atom stereocenters. The monoisotopic (exact) mass is 268 g/mol. The summed E-state index contributed by atoms with van der Waals surface area (Å²) < 4.78 is 0.504. The Kier molecular flexibility index (Phi) is 2.79. The van der Waals surface area contributed by atoms with E-state index < -0.39 is 0 Å². The van der Waals surface area contributed by atoms with Gasteiger partial charge in [-0.1, -0.05) is 41.9 Å². The van der Waals surface area contributed by atoms with Crippen molar-refractivity contribution in [1.82, 2.24) is 9.97 Å². The van der Waals surface area contributed by atoms with E-state index in [1.807, 2.05) is 30.3 Å². The van der Waals surface area contributed by atoms with Crippen LogP contribution in [0.2, 0.25) is 5.15 Å². The molecule has 1 aromatic carbocycles. The van der Waals surface area contributed by atoms with E-state index in [0.29, 0.717) is 9.89 Å². The third-order valence-electron chi connectivity index (χ3n) is 1.74. The van der Waals surface area contributed by atoms with E-state index in [0.717, 1.165) is 11.3 Å². The van der Waals surface area contributed by atoms with Crippen LogP contribution in [0.15, 0.2) is 41.1 Å². The normalized spacial score (nSPS) is 10.1. The molecule has 0 saturated heterocycles. The van der Waals surface area contributed by atoms with Crippen LogP contribution in [-0.4, -0.2) is 9.97 Å². The summed E-state index contributed by atoms with van der Waals surface area (Å²) in [5.74, 6) is 0. The molecule has 0 aliphatic heterocycles. The Morgan fingerprint density at radius 3 is 2.43 bits per heavy atom. The average molecular weight is 270 g/mol. The topological polar surface area (TPSA) is 25.8 Å². The van der Waals surface area contributed by atoms with Gasteiger partial charge in [-0.15, -0.1) is 0 Å². The van der Waals surface area contributed by atoms with Gasteiger partial charge in [0.25, 0.3) is 0 Å². The van der Waals surface area contributed by atoms with Crippen LogP contribution in [0, 0.1) is 0 Å². The number of rotatable bonds is 1. The quantitative estimate of drug-likeness (QED) is 0.584. The molecule has 0 saturated carbocycles. The molecule has 0 fully saturated rings. The lowest BCUT2D eigenvalue weighted by molar-refractivity contribution is 1.12. The molecule has 0 bridgehead atoms. The van der Waals surface area contributed by atoms with E-state index in [1.165, 1.54) is 0 Å². The molecule has 0 aliphatic carbocycles. The second-order valence-electron chi connectivity index (χ2n) is 2.71. The molecular formula is C10H6BrClN2. The molecule has 0 atom stereocenters. The average Bonchev–Trinajstić information content (AvgIpc) is 2.18. The van der Waals surface area contributed by atoms with Crippen molar-refractivity contribution in [2.75, 3.05) is 0 Å². The smallest absolute Gasteiger partial charge is 0.198 e. The summed E-state index contributed by atoms with van der Waals surface area (Å²) in [6.45, 7) is 0. The Balaban J connectivity index is 2.52. The van der Waals surface area contributed by atoms with E-state index in [1.54, 1.807) is 6.07 Å². The molecule has 70 valence electrons. The fraction of sp³-hybridized carbons (Fsp3) is 0. The van der Waals surface area contributed by atoms with Gasteiger partial charge in [0.1, 0.15) is 5.15 Å². The van der Waals surface area contributed by atoms with Gasteiger partial charge in [-0.3, -0.25) is 0 Å². The molecule has 0 spiro atoms. The highest BCUT2D eigenvalue weighted by molar-refractivity contribution is 9.10. The molecule has 2 rings (SSSR count). The Bertz CT molecular complexity index is 425. The van der Waals surface area contributed by atoms with Gasteiger partial charge in [-0.25, -0.2) is 9.97 Å². The van der Waals surface area contributed by atoms with Crippen LogP contribution >= 0.6 is 27.5 Å². The zero-order valence-electron chi connectivity index (χ0n) is 7.11. The summed E-state index contributed by atoms with van der Waals surface area (Å²) >= 11 is 9.02. The highest BCUT2D eigenvalue weighted by Crippen LogP contribution is 2.20. The molecular weight excluding hydrogens is 263 g/mol. The molecule has 4 heteroatoms. The van der Waals surface area contributed by atoms with Crippen molar-refractivity contribution in [2.45, 2.75) is 0 Å². The first-order valence-electron chi connectivity index (χ1n) is 4.01. The third-order valence-corrected chi connectivity index (χ3v) is 2.29. The predicted octanol–water partition coefficient (Wildman–Crippen LogP) is 3.56. The first kappa shape index (κ1) is 9.62. The highest BCUT2D eigenvalue weighted by atomic mass is 79.9. The van der Waals surface area contributed by atoms with Crippen molar-refractivity contribution in [1.29, 1.82) is 0 Å². The van der Waals surface area contributed by atoms with Gasteiger partial charge >= 0.3 is 0 Å². The summed E-state index contributed by atoms with van der Waals surface area (Å²) in [7, 11) is 0. The number of nitrogens with zero attached hydrogens (tertiary/aromatic N) is 2. The molecule has 2 aromatic rings. The SMILES string of the molecule is Clc1cc(-c2ccccc2)nc(Br)n1. The first-order valence-corrected chi connectivity index (χ1v) is 5.18. The van der Waals surface area contributed by atoms with Crippen LogP contribution < -0.4 is 0 Å². The minimum atomic E-state index is 0.436. The standard InChI is InChI=1S/C10H6BrClN2/c11-10-13-8(6-9(12)14-10)7-4-2-1-3-5-7/h1-6H.